The highest BCUT2D eigenvalue weighted by atomic mass is 16.3. The van der Waals surface area contributed by atoms with E-state index < -0.39 is 0 Å². The molecular weight excluding hydrogens is 342 g/mol. The van der Waals surface area contributed by atoms with Gasteiger partial charge in [-0.05, 0) is 26.6 Å². The standard InChI is InChI=1S/C19H25N7O/c1-24(2)11-15-8-16(27)12-26(15)18-9-17(22-13-23-18)21-10-14-4-3-6-25-7-5-20-19(14)25/h3-7,9,13,15-16,27H,8,10-12H2,1-2H3,(H,21,22,23)/t15-,16-/m1/s1. The Morgan fingerprint density at radius 3 is 3.00 bits per heavy atom. The van der Waals surface area contributed by atoms with Gasteiger partial charge in [-0.15, -0.1) is 0 Å². The van der Waals surface area contributed by atoms with Crippen molar-refractivity contribution in [2.24, 2.45) is 0 Å². The zero-order chi connectivity index (χ0) is 18.8. The van der Waals surface area contributed by atoms with Crippen molar-refractivity contribution >= 4 is 17.3 Å². The van der Waals surface area contributed by atoms with E-state index in [4.69, 9.17) is 0 Å². The zero-order valence-electron chi connectivity index (χ0n) is 15.7. The molecule has 4 heterocycles. The van der Waals surface area contributed by atoms with Gasteiger partial charge < -0.3 is 24.6 Å². The van der Waals surface area contributed by atoms with Crippen molar-refractivity contribution in [3.63, 3.8) is 0 Å². The van der Waals surface area contributed by atoms with Gasteiger partial charge >= 0.3 is 0 Å². The normalized spacial score (nSPS) is 19.9. The number of aliphatic hydroxyl groups is 1. The zero-order valence-corrected chi connectivity index (χ0v) is 15.7. The van der Waals surface area contributed by atoms with Crippen molar-refractivity contribution in [1.82, 2.24) is 24.3 Å². The topological polar surface area (TPSA) is 81.8 Å². The van der Waals surface area contributed by atoms with Crippen molar-refractivity contribution in [3.8, 4) is 0 Å². The number of rotatable bonds is 6. The van der Waals surface area contributed by atoms with E-state index in [-0.39, 0.29) is 12.1 Å². The molecule has 0 amide bonds. The third kappa shape index (κ3) is 3.86. The molecule has 0 aliphatic carbocycles. The first-order valence-electron chi connectivity index (χ1n) is 9.16. The molecule has 3 aromatic rings. The quantitative estimate of drug-likeness (QED) is 0.678. The third-order valence-corrected chi connectivity index (χ3v) is 4.88. The van der Waals surface area contributed by atoms with Crippen molar-refractivity contribution in [2.75, 3.05) is 37.4 Å². The highest BCUT2D eigenvalue weighted by Gasteiger charge is 2.32. The molecule has 3 aromatic heterocycles. The second-order valence-electron chi connectivity index (χ2n) is 7.26. The minimum Gasteiger partial charge on any atom is -0.391 e. The molecule has 1 aliphatic heterocycles. The van der Waals surface area contributed by atoms with Gasteiger partial charge in [-0.3, -0.25) is 0 Å². The summed E-state index contributed by atoms with van der Waals surface area (Å²) in [7, 11) is 4.10. The number of aliphatic hydroxyl groups excluding tert-OH is 1. The summed E-state index contributed by atoms with van der Waals surface area (Å²) in [5.41, 5.74) is 2.04. The Kier molecular flexibility index (Phi) is 4.91. The third-order valence-electron chi connectivity index (χ3n) is 4.88. The first kappa shape index (κ1) is 17.7. The Morgan fingerprint density at radius 1 is 1.26 bits per heavy atom. The van der Waals surface area contributed by atoms with Crippen LogP contribution in [0.3, 0.4) is 0 Å². The van der Waals surface area contributed by atoms with Crippen molar-refractivity contribution in [3.05, 3.63) is 48.7 Å². The summed E-state index contributed by atoms with van der Waals surface area (Å²) in [6, 6.07) is 6.26. The number of nitrogens with one attached hydrogen (secondary N) is 1. The fraction of sp³-hybridized carbons (Fsp3) is 0.421. The average Bonchev–Trinajstić information content (AvgIpc) is 3.26. The van der Waals surface area contributed by atoms with E-state index in [2.05, 4.69) is 36.1 Å². The van der Waals surface area contributed by atoms with Crippen LogP contribution in [0.15, 0.2) is 43.1 Å². The van der Waals surface area contributed by atoms with Crippen LogP contribution in [0.5, 0.6) is 0 Å². The molecule has 27 heavy (non-hydrogen) atoms. The number of hydrogen-bond acceptors (Lipinski definition) is 7. The van der Waals surface area contributed by atoms with Gasteiger partial charge in [-0.2, -0.15) is 0 Å². The maximum Gasteiger partial charge on any atom is 0.141 e. The van der Waals surface area contributed by atoms with Crippen LogP contribution in [-0.2, 0) is 6.54 Å². The molecule has 142 valence electrons. The van der Waals surface area contributed by atoms with Crippen LogP contribution < -0.4 is 10.2 Å². The Morgan fingerprint density at radius 2 is 2.15 bits per heavy atom. The molecule has 4 rings (SSSR count). The highest BCUT2D eigenvalue weighted by Crippen LogP contribution is 2.26. The summed E-state index contributed by atoms with van der Waals surface area (Å²) in [5, 5.41) is 13.5. The van der Waals surface area contributed by atoms with Gasteiger partial charge in [0.05, 0.1) is 6.10 Å². The lowest BCUT2D eigenvalue weighted by Gasteiger charge is -2.27. The molecule has 0 aromatic carbocycles. The number of imidazole rings is 1. The molecule has 0 spiro atoms. The van der Waals surface area contributed by atoms with Gasteiger partial charge in [-0.1, -0.05) is 6.07 Å². The summed E-state index contributed by atoms with van der Waals surface area (Å²) in [5.74, 6) is 1.61. The summed E-state index contributed by atoms with van der Waals surface area (Å²) < 4.78 is 2.00. The van der Waals surface area contributed by atoms with Crippen LogP contribution in [0.1, 0.15) is 12.0 Å². The molecule has 1 fully saturated rings. The molecule has 0 unspecified atom stereocenters. The van der Waals surface area contributed by atoms with E-state index in [0.29, 0.717) is 13.1 Å². The number of pyridine rings is 1. The van der Waals surface area contributed by atoms with E-state index in [9.17, 15) is 5.11 Å². The monoisotopic (exact) mass is 367 g/mol. The van der Waals surface area contributed by atoms with Crippen molar-refractivity contribution in [2.45, 2.75) is 25.1 Å². The van der Waals surface area contributed by atoms with E-state index in [0.717, 1.165) is 35.8 Å². The summed E-state index contributed by atoms with van der Waals surface area (Å²) in [6.07, 6.45) is 7.73. The molecule has 0 saturated carbocycles. The number of likely N-dealkylation sites (N-methyl/N-ethyl adjacent to an activating group) is 1. The van der Waals surface area contributed by atoms with Gasteiger partial charge in [0.15, 0.2) is 0 Å². The van der Waals surface area contributed by atoms with Crippen LogP contribution in [0.2, 0.25) is 0 Å². The number of nitrogens with zero attached hydrogens (tertiary/aromatic N) is 6. The lowest BCUT2D eigenvalue weighted by Crippen LogP contribution is -2.38. The molecule has 0 bridgehead atoms. The Bertz CT molecular complexity index is 910. The molecule has 0 radical (unpaired) electrons. The van der Waals surface area contributed by atoms with E-state index in [1.807, 2.05) is 43.0 Å². The van der Waals surface area contributed by atoms with Crippen LogP contribution >= 0.6 is 0 Å². The second-order valence-corrected chi connectivity index (χ2v) is 7.26. The highest BCUT2D eigenvalue weighted by molar-refractivity contribution is 5.53. The molecule has 2 N–H and O–H groups in total. The number of β-amino-alcohol motifs (C(OH)–C–C–N with tert-alkyl or cyclic N) is 1. The van der Waals surface area contributed by atoms with Crippen LogP contribution in [0.4, 0.5) is 11.6 Å². The van der Waals surface area contributed by atoms with E-state index >= 15 is 0 Å². The molecular formula is C19H25N7O. The molecule has 8 nitrogen and oxygen atoms in total. The van der Waals surface area contributed by atoms with Gasteiger partial charge in [-0.25, -0.2) is 15.0 Å². The summed E-state index contributed by atoms with van der Waals surface area (Å²) >= 11 is 0. The number of hydrogen-bond donors (Lipinski definition) is 2. The minimum atomic E-state index is -0.320. The van der Waals surface area contributed by atoms with E-state index in [1.165, 1.54) is 0 Å². The second kappa shape index (κ2) is 7.50. The Labute approximate surface area is 158 Å². The van der Waals surface area contributed by atoms with Gasteiger partial charge in [0, 0.05) is 55.9 Å². The fourth-order valence-corrected chi connectivity index (χ4v) is 3.70. The summed E-state index contributed by atoms with van der Waals surface area (Å²) in [4.78, 5) is 17.5. The van der Waals surface area contributed by atoms with Gasteiger partial charge in [0.2, 0.25) is 0 Å². The Hall–Kier alpha value is -2.71. The maximum atomic E-state index is 10.1. The fourth-order valence-electron chi connectivity index (χ4n) is 3.70. The first-order chi connectivity index (χ1) is 13.1. The maximum absolute atomic E-state index is 10.1. The van der Waals surface area contributed by atoms with Gasteiger partial charge in [0.25, 0.3) is 0 Å². The van der Waals surface area contributed by atoms with Crippen molar-refractivity contribution < 1.29 is 5.11 Å². The van der Waals surface area contributed by atoms with Crippen molar-refractivity contribution in [1.29, 1.82) is 0 Å². The smallest absolute Gasteiger partial charge is 0.141 e. The van der Waals surface area contributed by atoms with E-state index in [1.54, 1.807) is 12.5 Å². The molecule has 1 saturated heterocycles. The van der Waals surface area contributed by atoms with Crippen LogP contribution in [0, 0.1) is 0 Å². The molecule has 8 heteroatoms. The predicted molar refractivity (Wildman–Crippen MR) is 105 cm³/mol. The average molecular weight is 367 g/mol. The lowest BCUT2D eigenvalue weighted by atomic mass is 10.2. The molecule has 1 aliphatic rings. The summed E-state index contributed by atoms with van der Waals surface area (Å²) in [6.45, 7) is 2.11. The number of anilines is 2. The largest absolute Gasteiger partial charge is 0.391 e. The van der Waals surface area contributed by atoms with Gasteiger partial charge in [0.1, 0.15) is 23.6 Å². The van der Waals surface area contributed by atoms with Crippen LogP contribution in [0.25, 0.3) is 5.65 Å². The Balaban J connectivity index is 1.50. The first-order valence-corrected chi connectivity index (χ1v) is 9.16. The number of aromatic nitrogens is 4. The number of fused-ring (bicyclic) bond motifs is 1. The molecule has 2 atom stereocenters. The minimum absolute atomic E-state index is 0.247. The lowest BCUT2D eigenvalue weighted by molar-refractivity contribution is 0.191. The van der Waals surface area contributed by atoms with Crippen LogP contribution in [-0.4, -0.2) is 68.7 Å². The predicted octanol–water partition coefficient (Wildman–Crippen LogP) is 1.24. The SMILES string of the molecule is CN(C)C[C@H]1C[C@@H](O)CN1c1cc(NCc2cccn3ccnc23)ncn1.